The second-order valence-electron chi connectivity index (χ2n) is 5.88. The van der Waals surface area contributed by atoms with Crippen molar-refractivity contribution in [3.8, 4) is 11.4 Å². The second kappa shape index (κ2) is 5.49. The lowest BCUT2D eigenvalue weighted by atomic mass is 10.1. The molecule has 0 fully saturated rings. The molecule has 4 heteroatoms. The van der Waals surface area contributed by atoms with Crippen LogP contribution in [0.25, 0.3) is 33.4 Å². The third kappa shape index (κ3) is 2.33. The number of imidazole rings is 1. The van der Waals surface area contributed by atoms with E-state index in [1.54, 1.807) is 6.08 Å². The maximum Gasteiger partial charge on any atom is 0.347 e. The molecule has 0 unspecified atom stereocenters. The second-order valence-corrected chi connectivity index (χ2v) is 5.88. The number of allylic oxidation sites excluding steroid dienone is 1. The summed E-state index contributed by atoms with van der Waals surface area (Å²) in [6.07, 6.45) is 2.45. The molecule has 0 saturated carbocycles. The van der Waals surface area contributed by atoms with Crippen molar-refractivity contribution < 1.29 is 4.42 Å². The van der Waals surface area contributed by atoms with E-state index in [0.29, 0.717) is 23.4 Å². The zero-order valence-electron chi connectivity index (χ0n) is 13.3. The molecule has 0 aliphatic heterocycles. The predicted octanol–water partition coefficient (Wildman–Crippen LogP) is 4.37. The van der Waals surface area contributed by atoms with E-state index in [0.717, 1.165) is 27.5 Å². The lowest BCUT2D eigenvalue weighted by Gasteiger charge is -2.04. The Morgan fingerprint density at radius 1 is 1.25 bits per heavy atom. The molecule has 4 rings (SSSR count). The van der Waals surface area contributed by atoms with Crippen molar-refractivity contribution in [3.63, 3.8) is 0 Å². The summed E-state index contributed by atoms with van der Waals surface area (Å²) in [6, 6.07) is 13.6. The number of aromatic amines is 1. The number of fused-ring (bicyclic) bond motifs is 2. The molecule has 24 heavy (non-hydrogen) atoms. The molecule has 2 aromatic heterocycles. The molecule has 4 aromatic rings. The first-order valence-corrected chi connectivity index (χ1v) is 7.79. The maximum atomic E-state index is 12.5. The van der Waals surface area contributed by atoms with Crippen LogP contribution in [0, 0.1) is 6.92 Å². The van der Waals surface area contributed by atoms with Gasteiger partial charge in [-0.1, -0.05) is 30.3 Å². The minimum atomic E-state index is -0.394. The minimum Gasteiger partial charge on any atom is -0.422 e. The van der Waals surface area contributed by atoms with Gasteiger partial charge in [0, 0.05) is 5.39 Å². The quantitative estimate of drug-likeness (QED) is 0.451. The van der Waals surface area contributed by atoms with Crippen LogP contribution >= 0.6 is 0 Å². The van der Waals surface area contributed by atoms with Gasteiger partial charge in [0.25, 0.3) is 0 Å². The molecule has 0 radical (unpaired) electrons. The summed E-state index contributed by atoms with van der Waals surface area (Å²) in [7, 11) is 0. The first-order valence-electron chi connectivity index (χ1n) is 7.79. The van der Waals surface area contributed by atoms with Crippen LogP contribution in [0.4, 0.5) is 0 Å². The van der Waals surface area contributed by atoms with Gasteiger partial charge in [0.2, 0.25) is 0 Å². The van der Waals surface area contributed by atoms with Gasteiger partial charge in [-0.15, -0.1) is 6.58 Å². The molecule has 1 N–H and O–H groups in total. The number of hydrogen-bond acceptors (Lipinski definition) is 3. The van der Waals surface area contributed by atoms with Crippen molar-refractivity contribution >= 4 is 22.0 Å². The van der Waals surface area contributed by atoms with Crippen LogP contribution in [0.1, 0.15) is 11.1 Å². The molecule has 0 aliphatic rings. The molecular weight excluding hydrogens is 300 g/mol. The topological polar surface area (TPSA) is 58.9 Å². The summed E-state index contributed by atoms with van der Waals surface area (Å²) in [5.41, 5.74) is 4.48. The van der Waals surface area contributed by atoms with Gasteiger partial charge < -0.3 is 9.40 Å². The highest BCUT2D eigenvalue weighted by Gasteiger charge is 2.13. The third-order valence-electron chi connectivity index (χ3n) is 4.10. The molecule has 118 valence electrons. The predicted molar refractivity (Wildman–Crippen MR) is 96.2 cm³/mol. The van der Waals surface area contributed by atoms with E-state index in [4.69, 9.17) is 4.42 Å². The molecule has 0 atom stereocenters. The molecule has 0 amide bonds. The van der Waals surface area contributed by atoms with Crippen LogP contribution in [0.5, 0.6) is 0 Å². The van der Waals surface area contributed by atoms with Crippen LogP contribution in [0.15, 0.2) is 64.3 Å². The van der Waals surface area contributed by atoms with E-state index in [-0.39, 0.29) is 0 Å². The zero-order valence-corrected chi connectivity index (χ0v) is 13.3. The number of nitrogens with one attached hydrogen (secondary N) is 1. The summed E-state index contributed by atoms with van der Waals surface area (Å²) < 4.78 is 5.59. The Hall–Kier alpha value is -3.14. The molecule has 2 aromatic carbocycles. The van der Waals surface area contributed by atoms with Gasteiger partial charge in [-0.2, -0.15) is 0 Å². The Labute approximate surface area is 138 Å². The first kappa shape index (κ1) is 14.5. The van der Waals surface area contributed by atoms with E-state index >= 15 is 0 Å². The van der Waals surface area contributed by atoms with Crippen LogP contribution in [-0.2, 0) is 6.42 Å². The molecule has 0 spiro atoms. The summed E-state index contributed by atoms with van der Waals surface area (Å²) in [5, 5.41) is 0.876. The summed E-state index contributed by atoms with van der Waals surface area (Å²) in [5.74, 6) is 0.528. The lowest BCUT2D eigenvalue weighted by Crippen LogP contribution is -2.04. The van der Waals surface area contributed by atoms with Gasteiger partial charge in [0.15, 0.2) is 0 Å². The van der Waals surface area contributed by atoms with Gasteiger partial charge in [-0.25, -0.2) is 9.78 Å². The fourth-order valence-corrected chi connectivity index (χ4v) is 2.94. The van der Waals surface area contributed by atoms with Crippen molar-refractivity contribution in [2.24, 2.45) is 0 Å². The smallest absolute Gasteiger partial charge is 0.347 e. The number of para-hydroxylation sites is 1. The van der Waals surface area contributed by atoms with E-state index in [2.05, 4.69) is 16.5 Å². The maximum absolute atomic E-state index is 12.5. The van der Waals surface area contributed by atoms with Crippen molar-refractivity contribution in [1.82, 2.24) is 9.97 Å². The minimum absolute atomic E-state index is 0.394. The largest absolute Gasteiger partial charge is 0.422 e. The number of aromatic nitrogens is 2. The fraction of sp³-hybridized carbons (Fsp3) is 0.100. The normalized spacial score (nSPS) is 11.2. The Kier molecular flexibility index (Phi) is 3.31. The summed E-state index contributed by atoms with van der Waals surface area (Å²) in [6.45, 7) is 5.77. The van der Waals surface area contributed by atoms with Gasteiger partial charge in [0.1, 0.15) is 17.0 Å². The standard InChI is InChI=1S/C20H16N2O2/c1-3-5-13-6-4-7-14-11-15(20(23)24-18(13)14)19-21-16-9-8-12(2)10-17(16)22-19/h3-4,6-11H,1,5H2,2H3,(H,21,22). The van der Waals surface area contributed by atoms with E-state index < -0.39 is 5.63 Å². The Morgan fingerprint density at radius 3 is 2.96 bits per heavy atom. The fourth-order valence-electron chi connectivity index (χ4n) is 2.94. The molecule has 0 bridgehead atoms. The van der Waals surface area contributed by atoms with Gasteiger partial charge in [0.05, 0.1) is 11.0 Å². The Balaban J connectivity index is 1.94. The van der Waals surface area contributed by atoms with Crippen LogP contribution in [-0.4, -0.2) is 9.97 Å². The van der Waals surface area contributed by atoms with Gasteiger partial charge in [-0.05, 0) is 42.7 Å². The highest BCUT2D eigenvalue weighted by molar-refractivity contribution is 5.85. The molecule has 4 nitrogen and oxygen atoms in total. The molecule has 0 aliphatic carbocycles. The SMILES string of the molecule is C=CCc1cccc2cc(-c3nc4ccc(C)cc4[nH]3)c(=O)oc12. The van der Waals surface area contributed by atoms with Gasteiger partial charge in [-0.3, -0.25) is 0 Å². The van der Waals surface area contributed by atoms with E-state index in [9.17, 15) is 4.79 Å². The number of nitrogens with zero attached hydrogens (tertiary/aromatic N) is 1. The van der Waals surface area contributed by atoms with Crippen LogP contribution in [0.2, 0.25) is 0 Å². The lowest BCUT2D eigenvalue weighted by molar-refractivity contribution is 0.560. The summed E-state index contributed by atoms with van der Waals surface area (Å²) >= 11 is 0. The number of benzene rings is 2. The average molecular weight is 316 g/mol. The van der Waals surface area contributed by atoms with E-state index in [1.807, 2.05) is 49.4 Å². The van der Waals surface area contributed by atoms with Crippen LogP contribution in [0.3, 0.4) is 0 Å². The molecule has 2 heterocycles. The van der Waals surface area contributed by atoms with Crippen molar-refractivity contribution in [3.05, 3.63) is 76.7 Å². The number of hydrogen-bond donors (Lipinski definition) is 1. The highest BCUT2D eigenvalue weighted by Crippen LogP contribution is 2.24. The van der Waals surface area contributed by atoms with Crippen LogP contribution < -0.4 is 5.63 Å². The zero-order chi connectivity index (χ0) is 16.7. The summed E-state index contributed by atoms with van der Waals surface area (Å²) in [4.78, 5) is 20.2. The van der Waals surface area contributed by atoms with Crippen molar-refractivity contribution in [2.75, 3.05) is 0 Å². The van der Waals surface area contributed by atoms with Gasteiger partial charge >= 0.3 is 5.63 Å². The first-order chi connectivity index (χ1) is 11.7. The molecule has 0 saturated heterocycles. The Morgan fingerprint density at radius 2 is 2.12 bits per heavy atom. The highest BCUT2D eigenvalue weighted by atomic mass is 16.4. The monoisotopic (exact) mass is 316 g/mol. The number of H-pyrrole nitrogens is 1. The van der Waals surface area contributed by atoms with Crippen molar-refractivity contribution in [1.29, 1.82) is 0 Å². The van der Waals surface area contributed by atoms with Crippen molar-refractivity contribution in [2.45, 2.75) is 13.3 Å². The number of aryl methyl sites for hydroxylation is 1. The molecular formula is C20H16N2O2. The third-order valence-corrected chi connectivity index (χ3v) is 4.10. The Bertz CT molecular complexity index is 1140. The average Bonchev–Trinajstić information content (AvgIpc) is 2.98. The number of rotatable bonds is 3. The van der Waals surface area contributed by atoms with E-state index in [1.165, 1.54) is 0 Å².